The Morgan fingerprint density at radius 3 is 2.32 bits per heavy atom. The third kappa shape index (κ3) is 3.82. The number of amides is 2. The van der Waals surface area contributed by atoms with E-state index in [1.54, 1.807) is 24.3 Å². The molecule has 6 heteroatoms. The van der Waals surface area contributed by atoms with Gasteiger partial charge in [-0.05, 0) is 42.5 Å². The molecular weight excluding hydrogens is 287 g/mol. The van der Waals surface area contributed by atoms with Crippen molar-refractivity contribution >= 4 is 23.2 Å². The van der Waals surface area contributed by atoms with E-state index in [4.69, 9.17) is 4.74 Å². The summed E-state index contributed by atoms with van der Waals surface area (Å²) in [4.78, 5) is 23.1. The highest BCUT2D eigenvalue weighted by Gasteiger charge is 2.10. The van der Waals surface area contributed by atoms with Gasteiger partial charge in [-0.2, -0.15) is 0 Å². The SMILES string of the molecule is COc1ccc(C(=O)Nc2cc(NC(C)=O)ccc2F)cc1. The monoisotopic (exact) mass is 302 g/mol. The first-order chi connectivity index (χ1) is 10.5. The van der Waals surface area contributed by atoms with Gasteiger partial charge in [-0.3, -0.25) is 9.59 Å². The summed E-state index contributed by atoms with van der Waals surface area (Å²) in [6.45, 7) is 1.35. The molecule has 2 rings (SSSR count). The molecule has 0 heterocycles. The Bertz CT molecular complexity index is 699. The largest absolute Gasteiger partial charge is 0.497 e. The second kappa shape index (κ2) is 6.71. The van der Waals surface area contributed by atoms with E-state index < -0.39 is 11.7 Å². The quantitative estimate of drug-likeness (QED) is 0.912. The van der Waals surface area contributed by atoms with Gasteiger partial charge in [0.05, 0.1) is 12.8 Å². The number of ether oxygens (including phenoxy) is 1. The van der Waals surface area contributed by atoms with Crippen LogP contribution in [0.5, 0.6) is 5.75 Å². The van der Waals surface area contributed by atoms with Crippen LogP contribution in [0.3, 0.4) is 0 Å². The first-order valence-electron chi connectivity index (χ1n) is 6.52. The van der Waals surface area contributed by atoms with E-state index in [2.05, 4.69) is 10.6 Å². The highest BCUT2D eigenvalue weighted by atomic mass is 19.1. The van der Waals surface area contributed by atoms with E-state index in [-0.39, 0.29) is 11.6 Å². The lowest BCUT2D eigenvalue weighted by atomic mass is 10.2. The first-order valence-corrected chi connectivity index (χ1v) is 6.52. The molecule has 0 aromatic heterocycles. The van der Waals surface area contributed by atoms with Gasteiger partial charge >= 0.3 is 0 Å². The second-order valence-corrected chi connectivity index (χ2v) is 4.56. The number of hydrogen-bond acceptors (Lipinski definition) is 3. The van der Waals surface area contributed by atoms with Gasteiger partial charge in [0.25, 0.3) is 5.91 Å². The smallest absolute Gasteiger partial charge is 0.255 e. The van der Waals surface area contributed by atoms with Crippen molar-refractivity contribution < 1.29 is 18.7 Å². The molecule has 0 saturated heterocycles. The molecule has 0 saturated carbocycles. The predicted octanol–water partition coefficient (Wildman–Crippen LogP) is 3.05. The average molecular weight is 302 g/mol. The molecule has 0 aliphatic carbocycles. The van der Waals surface area contributed by atoms with Gasteiger partial charge in [0.2, 0.25) is 5.91 Å². The fraction of sp³-hybridized carbons (Fsp3) is 0.125. The number of methoxy groups -OCH3 is 1. The van der Waals surface area contributed by atoms with Crippen LogP contribution in [-0.4, -0.2) is 18.9 Å². The van der Waals surface area contributed by atoms with Gasteiger partial charge in [-0.1, -0.05) is 0 Å². The molecule has 2 aromatic rings. The Balaban J connectivity index is 2.17. The van der Waals surface area contributed by atoms with E-state index in [9.17, 15) is 14.0 Å². The highest BCUT2D eigenvalue weighted by molar-refractivity contribution is 6.04. The molecular formula is C16H15FN2O3. The summed E-state index contributed by atoms with van der Waals surface area (Å²) < 4.78 is 18.8. The van der Waals surface area contributed by atoms with Gasteiger partial charge in [-0.15, -0.1) is 0 Å². The third-order valence-corrected chi connectivity index (χ3v) is 2.89. The molecule has 2 aromatic carbocycles. The van der Waals surface area contributed by atoms with Gasteiger partial charge in [0, 0.05) is 18.2 Å². The summed E-state index contributed by atoms with van der Waals surface area (Å²) in [6.07, 6.45) is 0. The fourth-order valence-corrected chi connectivity index (χ4v) is 1.84. The maximum Gasteiger partial charge on any atom is 0.255 e. The molecule has 114 valence electrons. The predicted molar refractivity (Wildman–Crippen MR) is 81.7 cm³/mol. The molecule has 0 radical (unpaired) electrons. The number of halogens is 1. The van der Waals surface area contributed by atoms with Crippen molar-refractivity contribution in [2.75, 3.05) is 17.7 Å². The number of rotatable bonds is 4. The van der Waals surface area contributed by atoms with E-state index in [1.807, 2.05) is 0 Å². The lowest BCUT2D eigenvalue weighted by Gasteiger charge is -2.09. The van der Waals surface area contributed by atoms with Gasteiger partial charge in [0.1, 0.15) is 11.6 Å². The molecule has 0 atom stereocenters. The van der Waals surface area contributed by atoms with Crippen LogP contribution in [0.25, 0.3) is 0 Å². The topological polar surface area (TPSA) is 67.4 Å². The van der Waals surface area contributed by atoms with Crippen LogP contribution in [0, 0.1) is 5.82 Å². The Morgan fingerprint density at radius 1 is 1.05 bits per heavy atom. The lowest BCUT2D eigenvalue weighted by molar-refractivity contribution is -0.114. The van der Waals surface area contributed by atoms with E-state index in [1.165, 1.54) is 32.2 Å². The Labute approximate surface area is 127 Å². The van der Waals surface area contributed by atoms with Crippen molar-refractivity contribution in [3.63, 3.8) is 0 Å². The molecule has 0 unspecified atom stereocenters. The zero-order valence-electron chi connectivity index (χ0n) is 12.1. The summed E-state index contributed by atoms with van der Waals surface area (Å²) in [5, 5.41) is 5.00. The third-order valence-electron chi connectivity index (χ3n) is 2.89. The van der Waals surface area contributed by atoms with Crippen molar-refractivity contribution in [2.45, 2.75) is 6.92 Å². The summed E-state index contributed by atoms with van der Waals surface area (Å²) >= 11 is 0. The van der Waals surface area contributed by atoms with Crippen molar-refractivity contribution in [1.29, 1.82) is 0 Å². The first kappa shape index (κ1) is 15.5. The summed E-state index contributed by atoms with van der Waals surface area (Å²) in [7, 11) is 1.53. The molecule has 0 aliphatic heterocycles. The number of carbonyl (C=O) groups is 2. The summed E-state index contributed by atoms with van der Waals surface area (Å²) in [5.74, 6) is -0.702. The Hall–Kier alpha value is -2.89. The Morgan fingerprint density at radius 2 is 1.73 bits per heavy atom. The molecule has 2 N–H and O–H groups in total. The van der Waals surface area contributed by atoms with E-state index >= 15 is 0 Å². The molecule has 0 fully saturated rings. The van der Waals surface area contributed by atoms with Gasteiger partial charge < -0.3 is 15.4 Å². The van der Waals surface area contributed by atoms with Gasteiger partial charge in [0.15, 0.2) is 0 Å². The van der Waals surface area contributed by atoms with Crippen molar-refractivity contribution in [3.8, 4) is 5.75 Å². The van der Waals surface area contributed by atoms with Crippen LogP contribution < -0.4 is 15.4 Å². The maximum atomic E-state index is 13.8. The molecule has 0 aliphatic rings. The Kier molecular flexibility index (Phi) is 4.73. The normalized spacial score (nSPS) is 9.95. The molecule has 2 amide bonds. The zero-order chi connectivity index (χ0) is 16.1. The lowest BCUT2D eigenvalue weighted by Crippen LogP contribution is -2.13. The van der Waals surface area contributed by atoms with Crippen molar-refractivity contribution in [2.24, 2.45) is 0 Å². The van der Waals surface area contributed by atoms with Crippen LogP contribution in [0.4, 0.5) is 15.8 Å². The number of hydrogen-bond donors (Lipinski definition) is 2. The minimum atomic E-state index is -0.587. The van der Waals surface area contributed by atoms with Crippen LogP contribution in [0.2, 0.25) is 0 Å². The van der Waals surface area contributed by atoms with Crippen LogP contribution in [0.15, 0.2) is 42.5 Å². The molecule has 22 heavy (non-hydrogen) atoms. The molecule has 0 spiro atoms. The standard InChI is InChI=1S/C16H15FN2O3/c1-10(20)18-12-5-8-14(17)15(9-12)19-16(21)11-3-6-13(22-2)7-4-11/h3-9H,1-2H3,(H,18,20)(H,19,21). The second-order valence-electron chi connectivity index (χ2n) is 4.56. The van der Waals surface area contributed by atoms with Gasteiger partial charge in [-0.25, -0.2) is 4.39 Å². The van der Waals surface area contributed by atoms with Crippen LogP contribution in [0.1, 0.15) is 17.3 Å². The van der Waals surface area contributed by atoms with Crippen molar-refractivity contribution in [1.82, 2.24) is 0 Å². The zero-order valence-corrected chi connectivity index (χ0v) is 12.1. The van der Waals surface area contributed by atoms with Crippen LogP contribution >= 0.6 is 0 Å². The van der Waals surface area contributed by atoms with Crippen molar-refractivity contribution in [3.05, 3.63) is 53.8 Å². The average Bonchev–Trinajstić information content (AvgIpc) is 2.50. The summed E-state index contributed by atoms with van der Waals surface area (Å²) in [6, 6.07) is 10.4. The number of benzene rings is 2. The summed E-state index contributed by atoms with van der Waals surface area (Å²) in [5.41, 5.74) is 0.760. The van der Waals surface area contributed by atoms with Crippen LogP contribution in [-0.2, 0) is 4.79 Å². The maximum absolute atomic E-state index is 13.8. The molecule has 0 bridgehead atoms. The minimum Gasteiger partial charge on any atom is -0.497 e. The number of anilines is 2. The van der Waals surface area contributed by atoms with E-state index in [0.29, 0.717) is 17.0 Å². The molecule has 5 nitrogen and oxygen atoms in total. The van der Waals surface area contributed by atoms with E-state index in [0.717, 1.165) is 0 Å². The fourth-order valence-electron chi connectivity index (χ4n) is 1.84. The number of carbonyl (C=O) groups excluding carboxylic acids is 2. The highest BCUT2D eigenvalue weighted by Crippen LogP contribution is 2.21. The number of nitrogens with one attached hydrogen (secondary N) is 2. The minimum absolute atomic E-state index is 0.00734.